The van der Waals surface area contributed by atoms with E-state index in [2.05, 4.69) is 0 Å². The molecule has 0 aromatic rings. The Labute approximate surface area is 59.3 Å². The molecule has 0 aliphatic carbocycles. The van der Waals surface area contributed by atoms with Crippen LogP contribution in [0.2, 0.25) is 0 Å². The SMILES string of the molecule is O=C(O)/C=C/[C@@H]1CCOC1. The smallest absolute Gasteiger partial charge is 0.327 e. The monoisotopic (exact) mass is 142 g/mol. The molecule has 56 valence electrons. The molecule has 1 atom stereocenters. The van der Waals surface area contributed by atoms with Gasteiger partial charge in [0.1, 0.15) is 0 Å². The van der Waals surface area contributed by atoms with Crippen LogP contribution >= 0.6 is 0 Å². The summed E-state index contributed by atoms with van der Waals surface area (Å²) in [7, 11) is 0. The molecular formula is C7H10O3. The summed E-state index contributed by atoms with van der Waals surface area (Å²) in [4.78, 5) is 10.0. The molecule has 0 aromatic carbocycles. The maximum absolute atomic E-state index is 10.0. The van der Waals surface area contributed by atoms with Gasteiger partial charge in [-0.3, -0.25) is 0 Å². The van der Waals surface area contributed by atoms with Gasteiger partial charge in [0.05, 0.1) is 6.61 Å². The number of carboxylic acid groups (broad SMARTS) is 1. The third-order valence-corrected chi connectivity index (χ3v) is 1.48. The molecule has 1 heterocycles. The molecule has 3 heteroatoms. The second-order valence-corrected chi connectivity index (χ2v) is 2.32. The first kappa shape index (κ1) is 7.28. The number of carbonyl (C=O) groups is 1. The van der Waals surface area contributed by atoms with Crippen molar-refractivity contribution in [1.29, 1.82) is 0 Å². The fourth-order valence-electron chi connectivity index (χ4n) is 0.923. The summed E-state index contributed by atoms with van der Waals surface area (Å²) < 4.78 is 5.05. The molecule has 10 heavy (non-hydrogen) atoms. The zero-order valence-corrected chi connectivity index (χ0v) is 5.62. The molecule has 0 amide bonds. The van der Waals surface area contributed by atoms with Gasteiger partial charge in [0.2, 0.25) is 0 Å². The Kier molecular flexibility index (Phi) is 2.45. The van der Waals surface area contributed by atoms with E-state index in [4.69, 9.17) is 9.84 Å². The van der Waals surface area contributed by atoms with Gasteiger partial charge in [0, 0.05) is 18.6 Å². The van der Waals surface area contributed by atoms with Gasteiger partial charge in [0.25, 0.3) is 0 Å². The molecule has 0 aromatic heterocycles. The largest absolute Gasteiger partial charge is 0.478 e. The van der Waals surface area contributed by atoms with E-state index in [1.165, 1.54) is 6.08 Å². The highest BCUT2D eigenvalue weighted by atomic mass is 16.5. The van der Waals surface area contributed by atoms with E-state index >= 15 is 0 Å². The number of ether oxygens (including phenoxy) is 1. The molecule has 0 unspecified atom stereocenters. The molecule has 1 rings (SSSR count). The minimum Gasteiger partial charge on any atom is -0.478 e. The van der Waals surface area contributed by atoms with Gasteiger partial charge < -0.3 is 9.84 Å². The van der Waals surface area contributed by atoms with Gasteiger partial charge in [-0.25, -0.2) is 4.79 Å². The summed E-state index contributed by atoms with van der Waals surface area (Å²) in [6, 6.07) is 0. The summed E-state index contributed by atoms with van der Waals surface area (Å²) in [5.41, 5.74) is 0. The van der Waals surface area contributed by atoms with Crippen molar-refractivity contribution >= 4 is 5.97 Å². The molecule has 1 N–H and O–H groups in total. The van der Waals surface area contributed by atoms with Crippen LogP contribution in [0.5, 0.6) is 0 Å². The highest BCUT2D eigenvalue weighted by molar-refractivity contribution is 5.79. The van der Waals surface area contributed by atoms with Gasteiger partial charge in [0.15, 0.2) is 0 Å². The van der Waals surface area contributed by atoms with Gasteiger partial charge in [-0.15, -0.1) is 0 Å². The number of rotatable bonds is 2. The van der Waals surface area contributed by atoms with Crippen LogP contribution in [0.15, 0.2) is 12.2 Å². The Morgan fingerprint density at radius 1 is 1.70 bits per heavy atom. The number of hydrogen-bond acceptors (Lipinski definition) is 2. The summed E-state index contributed by atoms with van der Waals surface area (Å²) >= 11 is 0. The fourth-order valence-corrected chi connectivity index (χ4v) is 0.923. The second-order valence-electron chi connectivity index (χ2n) is 2.32. The average Bonchev–Trinajstić information content (AvgIpc) is 2.34. The minimum absolute atomic E-state index is 0.316. The lowest BCUT2D eigenvalue weighted by molar-refractivity contribution is -0.131. The predicted octanol–water partition coefficient (Wildman–Crippen LogP) is 0.664. The van der Waals surface area contributed by atoms with Crippen molar-refractivity contribution in [3.63, 3.8) is 0 Å². The average molecular weight is 142 g/mol. The van der Waals surface area contributed by atoms with Gasteiger partial charge in [-0.1, -0.05) is 6.08 Å². The number of aliphatic carboxylic acids is 1. The lowest BCUT2D eigenvalue weighted by Crippen LogP contribution is -1.95. The summed E-state index contributed by atoms with van der Waals surface area (Å²) in [6.07, 6.45) is 3.82. The highest BCUT2D eigenvalue weighted by Gasteiger charge is 2.11. The first-order valence-electron chi connectivity index (χ1n) is 3.28. The quantitative estimate of drug-likeness (QED) is 0.576. The van der Waals surface area contributed by atoms with Gasteiger partial charge in [-0.2, -0.15) is 0 Å². The normalized spacial score (nSPS) is 25.8. The molecule has 3 nitrogen and oxygen atoms in total. The number of hydrogen-bond donors (Lipinski definition) is 1. The lowest BCUT2D eigenvalue weighted by atomic mass is 10.1. The first-order chi connectivity index (χ1) is 4.79. The Morgan fingerprint density at radius 3 is 3.00 bits per heavy atom. The van der Waals surface area contributed by atoms with Crippen molar-refractivity contribution in [3.05, 3.63) is 12.2 Å². The first-order valence-corrected chi connectivity index (χ1v) is 3.28. The molecule has 0 saturated carbocycles. The van der Waals surface area contributed by atoms with Crippen molar-refractivity contribution in [2.75, 3.05) is 13.2 Å². The number of carboxylic acids is 1. The van der Waals surface area contributed by atoms with Crippen LogP contribution in [-0.2, 0) is 9.53 Å². The van der Waals surface area contributed by atoms with Crippen molar-refractivity contribution in [2.45, 2.75) is 6.42 Å². The van der Waals surface area contributed by atoms with Gasteiger partial charge >= 0.3 is 5.97 Å². The van der Waals surface area contributed by atoms with Crippen molar-refractivity contribution < 1.29 is 14.6 Å². The van der Waals surface area contributed by atoms with Crippen LogP contribution in [0.3, 0.4) is 0 Å². The predicted molar refractivity (Wildman–Crippen MR) is 35.7 cm³/mol. The van der Waals surface area contributed by atoms with E-state index in [1.807, 2.05) is 0 Å². The van der Waals surface area contributed by atoms with Crippen LogP contribution in [0.4, 0.5) is 0 Å². The minimum atomic E-state index is -0.882. The molecule has 1 fully saturated rings. The molecule has 1 aliphatic heterocycles. The lowest BCUT2D eigenvalue weighted by Gasteiger charge is -1.94. The summed E-state index contributed by atoms with van der Waals surface area (Å²) in [5.74, 6) is -0.567. The van der Waals surface area contributed by atoms with Crippen LogP contribution in [0.1, 0.15) is 6.42 Å². The van der Waals surface area contributed by atoms with E-state index in [9.17, 15) is 4.79 Å². The zero-order chi connectivity index (χ0) is 7.40. The van der Waals surface area contributed by atoms with Crippen molar-refractivity contribution in [3.8, 4) is 0 Å². The Balaban J connectivity index is 2.29. The van der Waals surface area contributed by atoms with E-state index < -0.39 is 5.97 Å². The van der Waals surface area contributed by atoms with Crippen LogP contribution < -0.4 is 0 Å². The second kappa shape index (κ2) is 3.37. The molecule has 1 aliphatic rings. The standard InChI is InChI=1S/C7H10O3/c8-7(9)2-1-6-3-4-10-5-6/h1-2,6H,3-5H2,(H,8,9)/b2-1+/t6-/m1/s1. The van der Waals surface area contributed by atoms with E-state index in [-0.39, 0.29) is 0 Å². The van der Waals surface area contributed by atoms with E-state index in [0.717, 1.165) is 13.0 Å². The molecule has 1 saturated heterocycles. The maximum Gasteiger partial charge on any atom is 0.327 e. The molecular weight excluding hydrogens is 132 g/mol. The van der Waals surface area contributed by atoms with Crippen LogP contribution in [-0.4, -0.2) is 24.3 Å². The third kappa shape index (κ3) is 2.19. The Hall–Kier alpha value is -0.830. The topological polar surface area (TPSA) is 46.5 Å². The zero-order valence-electron chi connectivity index (χ0n) is 5.62. The van der Waals surface area contributed by atoms with Crippen molar-refractivity contribution in [2.24, 2.45) is 5.92 Å². The van der Waals surface area contributed by atoms with Crippen LogP contribution in [0.25, 0.3) is 0 Å². The third-order valence-electron chi connectivity index (χ3n) is 1.48. The van der Waals surface area contributed by atoms with Gasteiger partial charge in [-0.05, 0) is 6.42 Å². The Morgan fingerprint density at radius 2 is 2.50 bits per heavy atom. The van der Waals surface area contributed by atoms with E-state index in [0.29, 0.717) is 12.5 Å². The highest BCUT2D eigenvalue weighted by Crippen LogP contribution is 2.12. The van der Waals surface area contributed by atoms with Crippen molar-refractivity contribution in [1.82, 2.24) is 0 Å². The molecule has 0 bridgehead atoms. The fraction of sp³-hybridized carbons (Fsp3) is 0.571. The maximum atomic E-state index is 10.0. The van der Waals surface area contributed by atoms with E-state index in [1.54, 1.807) is 6.08 Å². The summed E-state index contributed by atoms with van der Waals surface area (Å²) in [5, 5.41) is 8.25. The van der Waals surface area contributed by atoms with Crippen LogP contribution in [0, 0.1) is 5.92 Å². The molecule has 0 radical (unpaired) electrons. The Bertz CT molecular complexity index is 145. The molecule has 0 spiro atoms. The summed E-state index contributed by atoms with van der Waals surface area (Å²) in [6.45, 7) is 1.43.